The average Bonchev–Trinajstić information content (AvgIpc) is 2.74. The van der Waals surface area contributed by atoms with E-state index in [2.05, 4.69) is 9.72 Å². The maximum atomic E-state index is 12.4. The van der Waals surface area contributed by atoms with Crippen molar-refractivity contribution >= 4 is 17.3 Å². The van der Waals surface area contributed by atoms with Crippen molar-refractivity contribution in [1.29, 1.82) is 0 Å². The van der Waals surface area contributed by atoms with Crippen molar-refractivity contribution in [2.24, 2.45) is 0 Å². The molecule has 0 aliphatic rings. The average molecular weight is 285 g/mol. The van der Waals surface area contributed by atoms with Crippen LogP contribution < -0.4 is 4.74 Å². The zero-order chi connectivity index (χ0) is 14.0. The van der Waals surface area contributed by atoms with Gasteiger partial charge in [-0.2, -0.15) is 8.78 Å². The van der Waals surface area contributed by atoms with Gasteiger partial charge in [-0.05, 0) is 25.1 Å². The molecule has 0 atom stereocenters. The molecular formula is C12H9F2NO3S. The van der Waals surface area contributed by atoms with E-state index >= 15 is 0 Å². The summed E-state index contributed by atoms with van der Waals surface area (Å²) in [5, 5.41) is 9.63. The van der Waals surface area contributed by atoms with Gasteiger partial charge in [0.1, 0.15) is 5.75 Å². The predicted molar refractivity (Wildman–Crippen MR) is 65.9 cm³/mol. The Kier molecular flexibility index (Phi) is 3.75. The molecule has 2 rings (SSSR count). The van der Waals surface area contributed by atoms with Gasteiger partial charge in [0.05, 0.1) is 15.4 Å². The Morgan fingerprint density at radius 1 is 1.47 bits per heavy atom. The van der Waals surface area contributed by atoms with E-state index in [4.69, 9.17) is 5.11 Å². The minimum atomic E-state index is -3.02. The van der Waals surface area contributed by atoms with Crippen molar-refractivity contribution < 1.29 is 23.4 Å². The third-order valence-corrected chi connectivity index (χ3v) is 3.28. The summed E-state index contributed by atoms with van der Waals surface area (Å²) >= 11 is 1.31. The van der Waals surface area contributed by atoms with E-state index in [1.165, 1.54) is 29.7 Å². The lowest BCUT2D eigenvalue weighted by Crippen LogP contribution is -2.05. The van der Waals surface area contributed by atoms with E-state index in [-0.39, 0.29) is 11.3 Å². The van der Waals surface area contributed by atoms with Crippen LogP contribution in [0, 0.1) is 6.92 Å². The molecule has 1 aromatic carbocycles. The van der Waals surface area contributed by atoms with E-state index in [9.17, 15) is 13.6 Å². The molecule has 1 aromatic heterocycles. The molecule has 0 aliphatic carbocycles. The number of halogens is 2. The first kappa shape index (κ1) is 13.4. The first-order valence-electron chi connectivity index (χ1n) is 5.22. The van der Waals surface area contributed by atoms with Crippen LogP contribution in [0.15, 0.2) is 24.4 Å². The molecule has 0 fully saturated rings. The summed E-state index contributed by atoms with van der Waals surface area (Å²) < 4.78 is 29.1. The fourth-order valence-corrected chi connectivity index (χ4v) is 2.35. The van der Waals surface area contributed by atoms with Gasteiger partial charge >= 0.3 is 12.6 Å². The summed E-state index contributed by atoms with van der Waals surface area (Å²) in [4.78, 5) is 15.5. The normalized spacial score (nSPS) is 10.7. The lowest BCUT2D eigenvalue weighted by molar-refractivity contribution is -0.0495. The van der Waals surface area contributed by atoms with Crippen LogP contribution in [0.25, 0.3) is 10.4 Å². The van der Waals surface area contributed by atoms with Gasteiger partial charge in [-0.1, -0.05) is 0 Å². The van der Waals surface area contributed by atoms with E-state index < -0.39 is 12.6 Å². The molecule has 1 heterocycles. The molecule has 0 spiro atoms. The van der Waals surface area contributed by atoms with E-state index in [0.717, 1.165) is 11.1 Å². The number of aromatic carboxylic acids is 1. The van der Waals surface area contributed by atoms with Gasteiger partial charge in [0.15, 0.2) is 0 Å². The minimum Gasteiger partial charge on any atom is -0.478 e. The third kappa shape index (κ3) is 3.05. The van der Waals surface area contributed by atoms with Crippen molar-refractivity contribution in [2.45, 2.75) is 13.5 Å². The third-order valence-electron chi connectivity index (χ3n) is 2.33. The number of carboxylic acid groups (broad SMARTS) is 1. The number of alkyl halides is 2. The first-order valence-corrected chi connectivity index (χ1v) is 6.04. The fourth-order valence-electron chi connectivity index (χ4n) is 1.54. The molecule has 1 N–H and O–H groups in total. The molecule has 0 unspecified atom stereocenters. The highest BCUT2D eigenvalue weighted by atomic mass is 32.1. The molecule has 0 saturated heterocycles. The maximum Gasteiger partial charge on any atom is 0.387 e. The molecule has 4 nitrogen and oxygen atoms in total. The highest BCUT2D eigenvalue weighted by molar-refractivity contribution is 7.15. The second-order valence-corrected chi connectivity index (χ2v) is 4.87. The van der Waals surface area contributed by atoms with Gasteiger partial charge in [0.25, 0.3) is 0 Å². The molecule has 19 heavy (non-hydrogen) atoms. The van der Waals surface area contributed by atoms with Gasteiger partial charge < -0.3 is 9.84 Å². The molecular weight excluding hydrogens is 276 g/mol. The van der Waals surface area contributed by atoms with Crippen LogP contribution in [0.1, 0.15) is 15.4 Å². The van der Waals surface area contributed by atoms with E-state index in [1.807, 2.05) is 0 Å². The van der Waals surface area contributed by atoms with Gasteiger partial charge in [0.2, 0.25) is 0 Å². The maximum absolute atomic E-state index is 12.4. The quantitative estimate of drug-likeness (QED) is 0.935. The van der Waals surface area contributed by atoms with Crippen LogP contribution in [0.2, 0.25) is 0 Å². The number of benzene rings is 1. The molecule has 0 amide bonds. The fraction of sp³-hybridized carbons (Fsp3) is 0.167. The zero-order valence-corrected chi connectivity index (χ0v) is 10.6. The van der Waals surface area contributed by atoms with E-state index in [1.54, 1.807) is 6.92 Å². The molecule has 2 aromatic rings. The van der Waals surface area contributed by atoms with Crippen molar-refractivity contribution in [3.05, 3.63) is 35.0 Å². The number of rotatable bonds is 4. The van der Waals surface area contributed by atoms with Crippen molar-refractivity contribution in [3.8, 4) is 16.2 Å². The highest BCUT2D eigenvalue weighted by Crippen LogP contribution is 2.35. The van der Waals surface area contributed by atoms with Crippen molar-refractivity contribution in [3.63, 3.8) is 0 Å². The first-order chi connectivity index (χ1) is 8.97. The topological polar surface area (TPSA) is 59.4 Å². The number of thiazole rings is 1. The van der Waals surface area contributed by atoms with Crippen LogP contribution in [0.3, 0.4) is 0 Å². The van der Waals surface area contributed by atoms with Gasteiger partial charge in [0, 0.05) is 11.8 Å². The standard InChI is InChI=1S/C12H9F2NO3S/c1-6-15-5-10(19-6)8-3-2-7(11(16)17)4-9(8)18-12(13)14/h2-5,12H,1H3,(H,16,17). The number of carbonyl (C=O) groups is 1. The molecule has 100 valence electrons. The predicted octanol–water partition coefficient (Wildman–Crippen LogP) is 3.42. The van der Waals surface area contributed by atoms with Crippen LogP contribution >= 0.6 is 11.3 Å². The van der Waals surface area contributed by atoms with Gasteiger partial charge in [-0.3, -0.25) is 0 Å². The monoisotopic (exact) mass is 285 g/mol. The Labute approximate surface area is 111 Å². The number of nitrogens with zero attached hydrogens (tertiary/aromatic N) is 1. The van der Waals surface area contributed by atoms with Crippen LogP contribution in [-0.2, 0) is 0 Å². The molecule has 7 heteroatoms. The number of hydrogen-bond acceptors (Lipinski definition) is 4. The molecule has 0 aliphatic heterocycles. The summed E-state index contributed by atoms with van der Waals surface area (Å²) in [5.41, 5.74) is 0.288. The minimum absolute atomic E-state index is 0.111. The summed E-state index contributed by atoms with van der Waals surface area (Å²) in [6, 6.07) is 3.86. The Morgan fingerprint density at radius 3 is 2.74 bits per heavy atom. The number of ether oxygens (including phenoxy) is 1. The SMILES string of the molecule is Cc1ncc(-c2ccc(C(=O)O)cc2OC(F)F)s1. The zero-order valence-electron chi connectivity index (χ0n) is 9.76. The van der Waals surface area contributed by atoms with Crippen LogP contribution in [0.5, 0.6) is 5.75 Å². The molecule has 0 bridgehead atoms. The van der Waals surface area contributed by atoms with Gasteiger partial charge in [-0.15, -0.1) is 11.3 Å². The molecule has 0 radical (unpaired) electrons. The van der Waals surface area contributed by atoms with Crippen molar-refractivity contribution in [1.82, 2.24) is 4.98 Å². The molecule has 0 saturated carbocycles. The Hall–Kier alpha value is -2.02. The summed E-state index contributed by atoms with van der Waals surface area (Å²) in [5.74, 6) is -1.37. The largest absolute Gasteiger partial charge is 0.478 e. The van der Waals surface area contributed by atoms with Crippen LogP contribution in [0.4, 0.5) is 8.78 Å². The second-order valence-electron chi connectivity index (χ2n) is 3.64. The van der Waals surface area contributed by atoms with Crippen molar-refractivity contribution in [2.75, 3.05) is 0 Å². The lowest BCUT2D eigenvalue weighted by Gasteiger charge is -2.10. The van der Waals surface area contributed by atoms with E-state index in [0.29, 0.717) is 10.4 Å². The van der Waals surface area contributed by atoms with Gasteiger partial charge in [-0.25, -0.2) is 9.78 Å². The number of hydrogen-bond donors (Lipinski definition) is 1. The number of aryl methyl sites for hydroxylation is 1. The Morgan fingerprint density at radius 2 is 2.21 bits per heavy atom. The summed E-state index contributed by atoms with van der Waals surface area (Å²) in [7, 11) is 0. The number of carboxylic acids is 1. The second kappa shape index (κ2) is 5.31. The summed E-state index contributed by atoms with van der Waals surface area (Å²) in [6.45, 7) is -1.23. The highest BCUT2D eigenvalue weighted by Gasteiger charge is 2.16. The Bertz CT molecular complexity index is 613. The Balaban J connectivity index is 2.50. The summed E-state index contributed by atoms with van der Waals surface area (Å²) in [6.07, 6.45) is 1.54. The number of aromatic nitrogens is 1. The lowest BCUT2D eigenvalue weighted by atomic mass is 10.1. The smallest absolute Gasteiger partial charge is 0.387 e. The van der Waals surface area contributed by atoms with Crippen LogP contribution in [-0.4, -0.2) is 22.7 Å².